The topological polar surface area (TPSA) is 67.2 Å². The van der Waals surface area contributed by atoms with E-state index in [4.69, 9.17) is 16.7 Å². The van der Waals surface area contributed by atoms with Gasteiger partial charge in [-0.15, -0.1) is 0 Å². The van der Waals surface area contributed by atoms with Crippen LogP contribution in [0.2, 0.25) is 5.02 Å². The molecule has 88 valence electrons. The summed E-state index contributed by atoms with van der Waals surface area (Å²) in [4.78, 5) is 11.6. The van der Waals surface area contributed by atoms with E-state index in [-0.39, 0.29) is 18.2 Å². The maximum Gasteiger partial charge on any atom is 0.287 e. The van der Waals surface area contributed by atoms with Gasteiger partial charge >= 0.3 is 0 Å². The molecule has 1 heterocycles. The number of nitrogens with one attached hydrogen (secondary N) is 1. The van der Waals surface area contributed by atoms with E-state index in [1.54, 1.807) is 0 Å². The third kappa shape index (κ3) is 3.08. The maximum absolute atomic E-state index is 11.6. The van der Waals surface area contributed by atoms with Gasteiger partial charge in [-0.1, -0.05) is 23.8 Å². The van der Waals surface area contributed by atoms with Gasteiger partial charge in [-0.05, 0) is 6.92 Å². The molecule has 16 heavy (non-hydrogen) atoms. The second-order valence-electron chi connectivity index (χ2n) is 3.43. The number of aliphatic hydroxyl groups excluding tert-OH is 1. The van der Waals surface area contributed by atoms with E-state index >= 15 is 0 Å². The minimum absolute atomic E-state index is 0.0738. The lowest BCUT2D eigenvalue weighted by Crippen LogP contribution is -2.25. The highest BCUT2D eigenvalue weighted by atomic mass is 35.5. The molecule has 0 saturated carbocycles. The minimum atomic E-state index is -0.414. The van der Waals surface area contributed by atoms with Crippen LogP contribution in [-0.2, 0) is 6.54 Å². The van der Waals surface area contributed by atoms with Crippen LogP contribution in [0.3, 0.4) is 0 Å². The van der Waals surface area contributed by atoms with Crippen molar-refractivity contribution in [3.05, 3.63) is 33.7 Å². The SMILES string of the molecule is C=C(C)CNc1cnn(CCO)c(=O)c1Cl. The second-order valence-corrected chi connectivity index (χ2v) is 3.81. The lowest BCUT2D eigenvalue weighted by atomic mass is 10.3. The van der Waals surface area contributed by atoms with Gasteiger partial charge in [-0.2, -0.15) is 5.10 Å². The number of halogens is 1. The highest BCUT2D eigenvalue weighted by Crippen LogP contribution is 2.15. The van der Waals surface area contributed by atoms with Crippen molar-refractivity contribution >= 4 is 17.3 Å². The number of hydrogen-bond acceptors (Lipinski definition) is 4. The predicted molar refractivity (Wildman–Crippen MR) is 63.9 cm³/mol. The van der Waals surface area contributed by atoms with Crippen molar-refractivity contribution < 1.29 is 5.11 Å². The fourth-order valence-corrected chi connectivity index (χ4v) is 1.30. The molecular formula is C10H14ClN3O2. The van der Waals surface area contributed by atoms with E-state index in [9.17, 15) is 4.79 Å². The van der Waals surface area contributed by atoms with Crippen LogP contribution in [0, 0.1) is 0 Å². The Morgan fingerprint density at radius 2 is 2.44 bits per heavy atom. The molecule has 0 fully saturated rings. The molecule has 0 unspecified atom stereocenters. The predicted octanol–water partition coefficient (Wildman–Crippen LogP) is 0.877. The van der Waals surface area contributed by atoms with Gasteiger partial charge in [0.05, 0.1) is 25.0 Å². The average molecular weight is 244 g/mol. The summed E-state index contributed by atoms with van der Waals surface area (Å²) in [5.41, 5.74) is 0.988. The highest BCUT2D eigenvalue weighted by molar-refractivity contribution is 6.32. The summed E-state index contributed by atoms with van der Waals surface area (Å²) in [6.45, 7) is 6.11. The molecule has 0 bridgehead atoms. The van der Waals surface area contributed by atoms with E-state index in [0.717, 1.165) is 10.3 Å². The molecule has 0 amide bonds. The third-order valence-electron chi connectivity index (χ3n) is 1.88. The number of aliphatic hydroxyl groups is 1. The number of rotatable bonds is 5. The van der Waals surface area contributed by atoms with Gasteiger partial charge in [0.2, 0.25) is 0 Å². The van der Waals surface area contributed by atoms with Crippen molar-refractivity contribution in [3.8, 4) is 0 Å². The monoisotopic (exact) mass is 243 g/mol. The first-order chi connectivity index (χ1) is 7.56. The molecule has 0 aliphatic heterocycles. The quantitative estimate of drug-likeness (QED) is 0.754. The van der Waals surface area contributed by atoms with Gasteiger partial charge in [0, 0.05) is 6.54 Å². The first kappa shape index (κ1) is 12.7. The van der Waals surface area contributed by atoms with Crippen LogP contribution in [0.1, 0.15) is 6.92 Å². The van der Waals surface area contributed by atoms with Crippen LogP contribution >= 0.6 is 11.6 Å². The lowest BCUT2D eigenvalue weighted by molar-refractivity contribution is 0.266. The van der Waals surface area contributed by atoms with E-state index in [2.05, 4.69) is 17.0 Å². The normalized spacial score (nSPS) is 10.2. The number of hydrogen-bond donors (Lipinski definition) is 2. The van der Waals surface area contributed by atoms with Crippen LogP contribution in [0.4, 0.5) is 5.69 Å². The van der Waals surface area contributed by atoms with Crippen molar-refractivity contribution in [2.45, 2.75) is 13.5 Å². The Labute approximate surface area is 98.4 Å². The summed E-state index contributed by atoms with van der Waals surface area (Å²) in [7, 11) is 0. The Bertz CT molecular complexity index is 442. The zero-order chi connectivity index (χ0) is 12.1. The first-order valence-electron chi connectivity index (χ1n) is 4.81. The fraction of sp³-hybridized carbons (Fsp3) is 0.400. The molecule has 0 spiro atoms. The highest BCUT2D eigenvalue weighted by Gasteiger charge is 2.08. The summed E-state index contributed by atoms with van der Waals surface area (Å²) in [5, 5.41) is 15.6. The summed E-state index contributed by atoms with van der Waals surface area (Å²) in [5.74, 6) is 0. The van der Waals surface area contributed by atoms with Crippen molar-refractivity contribution in [1.29, 1.82) is 0 Å². The molecule has 2 N–H and O–H groups in total. The molecule has 5 nitrogen and oxygen atoms in total. The smallest absolute Gasteiger partial charge is 0.287 e. The number of nitrogens with zero attached hydrogens (tertiary/aromatic N) is 2. The van der Waals surface area contributed by atoms with E-state index in [0.29, 0.717) is 12.2 Å². The van der Waals surface area contributed by atoms with Crippen molar-refractivity contribution in [1.82, 2.24) is 9.78 Å². The van der Waals surface area contributed by atoms with Crippen LogP contribution in [0.15, 0.2) is 23.1 Å². The molecular weight excluding hydrogens is 230 g/mol. The molecule has 1 aromatic heterocycles. The standard InChI is InChI=1S/C10H14ClN3O2/c1-7(2)5-12-8-6-13-14(3-4-15)10(16)9(8)11/h6,12,15H,1,3-5H2,2H3. The molecule has 1 rings (SSSR count). The van der Waals surface area contributed by atoms with Crippen LogP contribution < -0.4 is 10.9 Å². The molecule has 0 radical (unpaired) electrons. The maximum atomic E-state index is 11.6. The van der Waals surface area contributed by atoms with Gasteiger partial charge in [-0.3, -0.25) is 4.79 Å². The molecule has 1 aromatic rings. The van der Waals surface area contributed by atoms with Gasteiger partial charge in [0.25, 0.3) is 5.56 Å². The largest absolute Gasteiger partial charge is 0.394 e. The summed E-state index contributed by atoms with van der Waals surface area (Å²) >= 11 is 5.87. The zero-order valence-electron chi connectivity index (χ0n) is 9.03. The Hall–Kier alpha value is -1.33. The van der Waals surface area contributed by atoms with Crippen LogP contribution in [0.5, 0.6) is 0 Å². The van der Waals surface area contributed by atoms with E-state index in [1.807, 2.05) is 6.92 Å². The van der Waals surface area contributed by atoms with Gasteiger partial charge in [0.15, 0.2) is 0 Å². The molecule has 0 atom stereocenters. The van der Waals surface area contributed by atoms with Crippen molar-refractivity contribution in [3.63, 3.8) is 0 Å². The number of aromatic nitrogens is 2. The van der Waals surface area contributed by atoms with Gasteiger partial charge in [-0.25, -0.2) is 4.68 Å². The summed E-state index contributed by atoms with van der Waals surface area (Å²) in [6, 6.07) is 0. The Balaban J connectivity index is 2.93. The van der Waals surface area contributed by atoms with E-state index < -0.39 is 5.56 Å². The van der Waals surface area contributed by atoms with Crippen LogP contribution in [0.25, 0.3) is 0 Å². The number of anilines is 1. The van der Waals surface area contributed by atoms with Gasteiger partial charge < -0.3 is 10.4 Å². The first-order valence-corrected chi connectivity index (χ1v) is 5.18. The zero-order valence-corrected chi connectivity index (χ0v) is 9.79. The minimum Gasteiger partial charge on any atom is -0.394 e. The Morgan fingerprint density at radius 3 is 3.00 bits per heavy atom. The lowest BCUT2D eigenvalue weighted by Gasteiger charge is -2.09. The van der Waals surface area contributed by atoms with Gasteiger partial charge in [0.1, 0.15) is 5.02 Å². The van der Waals surface area contributed by atoms with E-state index in [1.165, 1.54) is 6.20 Å². The Morgan fingerprint density at radius 1 is 1.75 bits per heavy atom. The van der Waals surface area contributed by atoms with Crippen molar-refractivity contribution in [2.24, 2.45) is 0 Å². The van der Waals surface area contributed by atoms with Crippen LogP contribution in [-0.4, -0.2) is 28.0 Å². The molecule has 0 aliphatic carbocycles. The molecule has 0 saturated heterocycles. The third-order valence-corrected chi connectivity index (χ3v) is 2.24. The molecule has 0 aromatic carbocycles. The summed E-state index contributed by atoms with van der Waals surface area (Å²) < 4.78 is 1.12. The molecule has 6 heteroatoms. The fourth-order valence-electron chi connectivity index (χ4n) is 1.09. The second kappa shape index (κ2) is 5.67. The summed E-state index contributed by atoms with van der Waals surface area (Å²) in [6.07, 6.45) is 1.46. The van der Waals surface area contributed by atoms with Crippen molar-refractivity contribution in [2.75, 3.05) is 18.5 Å². The average Bonchev–Trinajstić information content (AvgIpc) is 2.24. The Kier molecular flexibility index (Phi) is 4.52. The molecule has 0 aliphatic rings.